The molecule has 0 N–H and O–H groups in total. The summed E-state index contributed by atoms with van der Waals surface area (Å²) in [7, 11) is 1.97. The van der Waals surface area contributed by atoms with Crippen LogP contribution in [0, 0.1) is 0 Å². The Hall–Kier alpha value is -3.60. The van der Waals surface area contributed by atoms with Gasteiger partial charge in [0.05, 0.1) is 6.04 Å². The van der Waals surface area contributed by atoms with E-state index in [0.29, 0.717) is 12.5 Å². The quantitative estimate of drug-likeness (QED) is 0.484. The van der Waals surface area contributed by atoms with Gasteiger partial charge in [-0.05, 0) is 37.5 Å². The lowest BCUT2D eigenvalue weighted by atomic mass is 9.94. The van der Waals surface area contributed by atoms with Crippen LogP contribution in [0.5, 0.6) is 0 Å². The van der Waals surface area contributed by atoms with Crippen LogP contribution in [0.3, 0.4) is 0 Å². The highest BCUT2D eigenvalue weighted by molar-refractivity contribution is 5.96. The van der Waals surface area contributed by atoms with E-state index in [0.717, 1.165) is 16.7 Å². The monoisotopic (exact) mass is 441 g/mol. The van der Waals surface area contributed by atoms with E-state index in [1.165, 1.54) is 0 Å². The van der Waals surface area contributed by atoms with Gasteiger partial charge in [-0.3, -0.25) is 0 Å². The summed E-state index contributed by atoms with van der Waals surface area (Å²) < 4.78 is 5.87. The SMILES string of the molecule is CN(Cc1ccccc1)C1=NC(c2ccccc2)C(c2ccccc2)N1C(=O)OC(C)(C)C. The topological polar surface area (TPSA) is 45.1 Å². The van der Waals surface area contributed by atoms with E-state index in [-0.39, 0.29) is 12.1 Å². The van der Waals surface area contributed by atoms with Gasteiger partial charge in [-0.25, -0.2) is 14.7 Å². The molecule has 3 aromatic carbocycles. The van der Waals surface area contributed by atoms with Gasteiger partial charge in [0, 0.05) is 13.6 Å². The van der Waals surface area contributed by atoms with Gasteiger partial charge in [0.1, 0.15) is 11.6 Å². The lowest BCUT2D eigenvalue weighted by Gasteiger charge is -2.33. The second-order valence-corrected chi connectivity index (χ2v) is 9.33. The van der Waals surface area contributed by atoms with Gasteiger partial charge in [-0.1, -0.05) is 91.0 Å². The highest BCUT2D eigenvalue weighted by atomic mass is 16.6. The molecule has 0 bridgehead atoms. The van der Waals surface area contributed by atoms with Crippen LogP contribution < -0.4 is 0 Å². The summed E-state index contributed by atoms with van der Waals surface area (Å²) in [6.45, 7) is 6.29. The van der Waals surface area contributed by atoms with E-state index >= 15 is 0 Å². The van der Waals surface area contributed by atoms with Gasteiger partial charge < -0.3 is 9.64 Å². The summed E-state index contributed by atoms with van der Waals surface area (Å²) in [6, 6.07) is 29.9. The molecule has 33 heavy (non-hydrogen) atoms. The predicted octanol–water partition coefficient (Wildman–Crippen LogP) is 6.21. The summed E-state index contributed by atoms with van der Waals surface area (Å²) in [5.41, 5.74) is 2.60. The highest BCUT2D eigenvalue weighted by Crippen LogP contribution is 2.43. The number of nitrogens with zero attached hydrogens (tertiary/aromatic N) is 3. The molecule has 5 heteroatoms. The molecule has 1 amide bonds. The Morgan fingerprint density at radius 2 is 1.39 bits per heavy atom. The number of guanidine groups is 1. The van der Waals surface area contributed by atoms with Crippen molar-refractivity contribution in [2.75, 3.05) is 7.05 Å². The van der Waals surface area contributed by atoms with Crippen LogP contribution in [0.2, 0.25) is 0 Å². The van der Waals surface area contributed by atoms with E-state index in [4.69, 9.17) is 9.73 Å². The molecule has 170 valence electrons. The van der Waals surface area contributed by atoms with Crippen molar-refractivity contribution < 1.29 is 9.53 Å². The number of hydrogen-bond acceptors (Lipinski definition) is 4. The number of rotatable bonds is 4. The van der Waals surface area contributed by atoms with E-state index < -0.39 is 11.7 Å². The third-order valence-electron chi connectivity index (χ3n) is 5.52. The maximum Gasteiger partial charge on any atom is 0.417 e. The van der Waals surface area contributed by atoms with Crippen molar-refractivity contribution in [1.29, 1.82) is 0 Å². The van der Waals surface area contributed by atoms with Gasteiger partial charge in [-0.2, -0.15) is 0 Å². The van der Waals surface area contributed by atoms with Crippen molar-refractivity contribution in [2.24, 2.45) is 4.99 Å². The van der Waals surface area contributed by atoms with Gasteiger partial charge >= 0.3 is 6.09 Å². The summed E-state index contributed by atoms with van der Waals surface area (Å²) in [5.74, 6) is 0.607. The average molecular weight is 442 g/mol. The molecule has 0 radical (unpaired) electrons. The summed E-state index contributed by atoms with van der Waals surface area (Å²) in [4.78, 5) is 22.4. The molecule has 4 rings (SSSR count). The molecule has 3 aromatic rings. The number of ether oxygens (including phenoxy) is 1. The molecular weight excluding hydrogens is 410 g/mol. The Morgan fingerprint density at radius 3 is 1.94 bits per heavy atom. The number of carbonyl (C=O) groups is 1. The minimum absolute atomic E-state index is 0.241. The van der Waals surface area contributed by atoms with Crippen molar-refractivity contribution >= 4 is 12.1 Å². The van der Waals surface area contributed by atoms with Crippen molar-refractivity contribution in [3.8, 4) is 0 Å². The Morgan fingerprint density at radius 1 is 0.879 bits per heavy atom. The smallest absolute Gasteiger partial charge is 0.417 e. The third-order valence-corrected chi connectivity index (χ3v) is 5.52. The molecule has 1 aliphatic heterocycles. The van der Waals surface area contributed by atoms with Crippen LogP contribution in [0.4, 0.5) is 4.79 Å². The van der Waals surface area contributed by atoms with E-state index in [2.05, 4.69) is 24.3 Å². The van der Waals surface area contributed by atoms with E-state index in [1.807, 2.05) is 99.4 Å². The number of amides is 1. The average Bonchev–Trinajstić information content (AvgIpc) is 3.21. The third kappa shape index (κ3) is 5.25. The molecule has 0 aromatic heterocycles. The number of hydrogen-bond donors (Lipinski definition) is 0. The maximum atomic E-state index is 13.6. The lowest BCUT2D eigenvalue weighted by Crippen LogP contribution is -2.46. The summed E-state index contributed by atoms with van der Waals surface area (Å²) >= 11 is 0. The van der Waals surface area contributed by atoms with Crippen molar-refractivity contribution in [2.45, 2.75) is 45.0 Å². The Kier molecular flexibility index (Phi) is 6.50. The van der Waals surface area contributed by atoms with Crippen LogP contribution in [-0.2, 0) is 11.3 Å². The van der Waals surface area contributed by atoms with Crippen LogP contribution in [0.15, 0.2) is 96.0 Å². The largest absolute Gasteiger partial charge is 0.443 e. The first-order chi connectivity index (χ1) is 15.8. The molecule has 1 heterocycles. The van der Waals surface area contributed by atoms with Crippen LogP contribution in [0.1, 0.15) is 49.5 Å². The minimum atomic E-state index is -0.619. The van der Waals surface area contributed by atoms with Crippen molar-refractivity contribution in [3.05, 3.63) is 108 Å². The van der Waals surface area contributed by atoms with Crippen LogP contribution >= 0.6 is 0 Å². The fraction of sp³-hybridized carbons (Fsp3) is 0.286. The molecule has 2 atom stereocenters. The Balaban J connectivity index is 1.79. The van der Waals surface area contributed by atoms with Gasteiger partial charge in [-0.15, -0.1) is 0 Å². The molecule has 0 aliphatic carbocycles. The first-order valence-electron chi connectivity index (χ1n) is 11.3. The standard InChI is InChI=1S/C28H31N3O2/c1-28(2,3)33-27(32)31-25(23-18-12-7-13-19-23)24(22-16-10-6-11-17-22)29-26(31)30(4)20-21-14-8-5-9-15-21/h5-19,24-25H,20H2,1-4H3. The first kappa shape index (κ1) is 22.6. The fourth-order valence-corrected chi connectivity index (χ4v) is 4.13. The van der Waals surface area contributed by atoms with Crippen LogP contribution in [0.25, 0.3) is 0 Å². The lowest BCUT2D eigenvalue weighted by molar-refractivity contribution is 0.0296. The van der Waals surface area contributed by atoms with Gasteiger partial charge in [0.15, 0.2) is 0 Å². The van der Waals surface area contributed by atoms with E-state index in [1.54, 1.807) is 4.90 Å². The molecule has 0 saturated carbocycles. The zero-order valence-electron chi connectivity index (χ0n) is 19.7. The summed E-state index contributed by atoms with van der Waals surface area (Å²) in [6.07, 6.45) is -0.395. The second kappa shape index (κ2) is 9.49. The van der Waals surface area contributed by atoms with Crippen molar-refractivity contribution in [3.63, 3.8) is 0 Å². The predicted molar refractivity (Wildman–Crippen MR) is 132 cm³/mol. The molecule has 0 saturated heterocycles. The Labute approximate surface area is 196 Å². The van der Waals surface area contributed by atoms with E-state index in [9.17, 15) is 4.79 Å². The first-order valence-corrected chi connectivity index (χ1v) is 11.3. The fourth-order valence-electron chi connectivity index (χ4n) is 4.13. The Bertz CT molecular complexity index is 1090. The number of aliphatic imine (C=N–C) groups is 1. The van der Waals surface area contributed by atoms with Crippen LogP contribution in [-0.4, -0.2) is 34.5 Å². The molecule has 5 nitrogen and oxygen atoms in total. The maximum absolute atomic E-state index is 13.6. The number of benzene rings is 3. The number of carbonyl (C=O) groups excluding carboxylic acids is 1. The zero-order valence-corrected chi connectivity index (χ0v) is 19.7. The highest BCUT2D eigenvalue weighted by Gasteiger charge is 2.44. The molecule has 0 spiro atoms. The molecule has 2 unspecified atom stereocenters. The van der Waals surface area contributed by atoms with Gasteiger partial charge in [0.2, 0.25) is 5.96 Å². The molecule has 0 fully saturated rings. The van der Waals surface area contributed by atoms with Gasteiger partial charge in [0.25, 0.3) is 0 Å². The minimum Gasteiger partial charge on any atom is -0.443 e. The zero-order chi connectivity index (χ0) is 23.4. The van der Waals surface area contributed by atoms with Crippen molar-refractivity contribution in [1.82, 2.24) is 9.80 Å². The molecule has 1 aliphatic rings. The molecular formula is C28H31N3O2. The normalized spacial score (nSPS) is 18.1. The second-order valence-electron chi connectivity index (χ2n) is 9.33. The summed E-state index contributed by atoms with van der Waals surface area (Å²) in [5, 5.41) is 0.